The molecule has 13 heteroatoms. The Morgan fingerprint density at radius 3 is 2.52 bits per heavy atom. The summed E-state index contributed by atoms with van der Waals surface area (Å²) in [5, 5.41) is 27.5. The third-order valence-corrected chi connectivity index (χ3v) is 8.34. The standard InChI is InChI=1S/C31H27Cl2F3N8/c1-29(2,3)16-40-25-17(13-37)14-39-26-22(25)11-18(12-23(26)32)41-27(20-5-4-6-21-19(20)7-10-38-28(21)33)24-15-44(43-42-24)30(8-9-30)31(34,35)36/h4-7,10-12,14-15,27,41H,8-9,16H2,1-3H3,(H,39,40). The molecule has 1 fully saturated rings. The predicted octanol–water partition coefficient (Wildman–Crippen LogP) is 8.26. The van der Waals surface area contributed by atoms with Gasteiger partial charge < -0.3 is 10.6 Å². The van der Waals surface area contributed by atoms with Gasteiger partial charge in [0, 0.05) is 35.4 Å². The second-order valence-electron chi connectivity index (χ2n) is 12.2. The van der Waals surface area contributed by atoms with E-state index in [2.05, 4.69) is 57.8 Å². The summed E-state index contributed by atoms with van der Waals surface area (Å²) in [5.74, 6) is 0. The Morgan fingerprint density at radius 1 is 1.07 bits per heavy atom. The first-order valence-electron chi connectivity index (χ1n) is 13.9. The van der Waals surface area contributed by atoms with E-state index in [4.69, 9.17) is 23.2 Å². The lowest BCUT2D eigenvalue weighted by Gasteiger charge is -2.23. The van der Waals surface area contributed by atoms with E-state index in [-0.39, 0.29) is 24.0 Å². The van der Waals surface area contributed by atoms with Crippen molar-refractivity contribution in [3.05, 3.63) is 82.0 Å². The van der Waals surface area contributed by atoms with E-state index in [1.54, 1.807) is 24.4 Å². The van der Waals surface area contributed by atoms with Gasteiger partial charge >= 0.3 is 6.18 Å². The summed E-state index contributed by atoms with van der Waals surface area (Å²) in [6.07, 6.45) is -0.200. The van der Waals surface area contributed by atoms with Crippen LogP contribution in [0.25, 0.3) is 21.7 Å². The number of fused-ring (bicyclic) bond motifs is 2. The van der Waals surface area contributed by atoms with Crippen LogP contribution in [0.4, 0.5) is 24.5 Å². The van der Waals surface area contributed by atoms with Crippen molar-refractivity contribution >= 4 is 56.3 Å². The second-order valence-corrected chi connectivity index (χ2v) is 12.9. The van der Waals surface area contributed by atoms with Gasteiger partial charge in [0.1, 0.15) is 16.9 Å². The molecule has 1 aliphatic carbocycles. The number of anilines is 2. The molecule has 44 heavy (non-hydrogen) atoms. The molecule has 2 N–H and O–H groups in total. The number of pyridine rings is 2. The number of hydrogen-bond acceptors (Lipinski definition) is 7. The van der Waals surface area contributed by atoms with Gasteiger partial charge in [-0.15, -0.1) is 5.10 Å². The summed E-state index contributed by atoms with van der Waals surface area (Å²) < 4.78 is 42.8. The number of nitrogens with zero attached hydrogens (tertiary/aromatic N) is 6. The Kier molecular flexibility index (Phi) is 7.33. The van der Waals surface area contributed by atoms with E-state index in [0.29, 0.717) is 55.5 Å². The highest BCUT2D eigenvalue weighted by Crippen LogP contribution is 2.55. The molecule has 5 aromatic rings. The predicted molar refractivity (Wildman–Crippen MR) is 165 cm³/mol. The summed E-state index contributed by atoms with van der Waals surface area (Å²) in [7, 11) is 0. The quantitative estimate of drug-likeness (QED) is 0.173. The van der Waals surface area contributed by atoms with E-state index in [1.807, 2.05) is 18.2 Å². The summed E-state index contributed by atoms with van der Waals surface area (Å²) >= 11 is 13.1. The van der Waals surface area contributed by atoms with E-state index in [0.717, 1.165) is 10.1 Å². The van der Waals surface area contributed by atoms with Crippen molar-refractivity contribution in [2.45, 2.75) is 51.4 Å². The zero-order valence-electron chi connectivity index (χ0n) is 24.0. The number of nitrogens with one attached hydrogen (secondary N) is 2. The van der Waals surface area contributed by atoms with Crippen LogP contribution in [0.15, 0.2) is 55.0 Å². The highest BCUT2D eigenvalue weighted by atomic mass is 35.5. The largest absolute Gasteiger partial charge is 0.413 e. The summed E-state index contributed by atoms with van der Waals surface area (Å²) in [4.78, 5) is 8.60. The van der Waals surface area contributed by atoms with E-state index in [1.165, 1.54) is 12.4 Å². The molecule has 3 aromatic heterocycles. The number of rotatable bonds is 7. The van der Waals surface area contributed by atoms with Crippen LogP contribution in [0, 0.1) is 16.7 Å². The molecule has 226 valence electrons. The summed E-state index contributed by atoms with van der Waals surface area (Å²) in [6, 6.07) is 12.2. The lowest BCUT2D eigenvalue weighted by atomic mass is 9.96. The maximum absolute atomic E-state index is 14.0. The van der Waals surface area contributed by atoms with Gasteiger partial charge in [-0.25, -0.2) is 9.67 Å². The number of nitriles is 1. The van der Waals surface area contributed by atoms with E-state index >= 15 is 0 Å². The fourth-order valence-electron chi connectivity index (χ4n) is 5.28. The van der Waals surface area contributed by atoms with Gasteiger partial charge in [-0.1, -0.05) is 67.4 Å². The maximum atomic E-state index is 14.0. The van der Waals surface area contributed by atoms with E-state index < -0.39 is 17.8 Å². The number of hydrogen-bond donors (Lipinski definition) is 2. The zero-order valence-corrected chi connectivity index (χ0v) is 25.5. The van der Waals surface area contributed by atoms with Crippen LogP contribution in [0.3, 0.4) is 0 Å². The molecule has 0 amide bonds. The van der Waals surface area contributed by atoms with E-state index in [9.17, 15) is 18.4 Å². The molecular formula is C31H27Cl2F3N8. The average molecular weight is 640 g/mol. The molecule has 1 aliphatic rings. The molecule has 8 nitrogen and oxygen atoms in total. The minimum atomic E-state index is -4.46. The molecule has 0 spiro atoms. The van der Waals surface area contributed by atoms with Crippen molar-refractivity contribution in [1.82, 2.24) is 25.0 Å². The Labute approximate surface area is 261 Å². The van der Waals surface area contributed by atoms with Gasteiger partial charge in [-0.05, 0) is 47.4 Å². The van der Waals surface area contributed by atoms with Crippen molar-refractivity contribution in [2.24, 2.45) is 5.41 Å². The molecule has 0 aliphatic heterocycles. The fraction of sp³-hybridized carbons (Fsp3) is 0.323. The smallest absolute Gasteiger partial charge is 0.383 e. The summed E-state index contributed by atoms with van der Waals surface area (Å²) in [5.41, 5.74) is 0.795. The van der Waals surface area contributed by atoms with Crippen molar-refractivity contribution in [1.29, 1.82) is 5.26 Å². The van der Waals surface area contributed by atoms with Crippen LogP contribution in [0.5, 0.6) is 0 Å². The molecule has 2 aromatic carbocycles. The van der Waals surface area contributed by atoms with Crippen LogP contribution < -0.4 is 10.6 Å². The number of halogens is 5. The Balaban J connectivity index is 1.50. The SMILES string of the molecule is CC(C)(C)CNc1c(C#N)cnc2c(Cl)cc(NC(c3cn(C4(C(F)(F)F)CC4)nn3)c3cccc4c(Cl)nccc34)cc12. The lowest BCUT2D eigenvalue weighted by Crippen LogP contribution is -2.35. The highest BCUT2D eigenvalue weighted by molar-refractivity contribution is 6.36. The van der Waals surface area contributed by atoms with Gasteiger partial charge in [-0.3, -0.25) is 4.98 Å². The second kappa shape index (κ2) is 10.8. The normalized spacial score (nSPS) is 15.2. The molecule has 1 unspecified atom stereocenters. The molecule has 1 atom stereocenters. The molecule has 0 saturated heterocycles. The van der Waals surface area contributed by atoms with Crippen molar-refractivity contribution in [2.75, 3.05) is 17.2 Å². The molecule has 3 heterocycles. The number of aromatic nitrogens is 5. The van der Waals surface area contributed by atoms with Crippen molar-refractivity contribution < 1.29 is 13.2 Å². The van der Waals surface area contributed by atoms with Gasteiger partial charge in [0.25, 0.3) is 0 Å². The first-order chi connectivity index (χ1) is 20.8. The first kappa shape index (κ1) is 29.9. The number of alkyl halides is 3. The van der Waals surface area contributed by atoms with Gasteiger partial charge in [0.15, 0.2) is 5.54 Å². The van der Waals surface area contributed by atoms with Gasteiger partial charge in [0.05, 0.1) is 34.0 Å². The fourth-order valence-corrected chi connectivity index (χ4v) is 5.77. The van der Waals surface area contributed by atoms with Gasteiger partial charge in [-0.2, -0.15) is 18.4 Å². The minimum Gasteiger partial charge on any atom is -0.383 e. The van der Waals surface area contributed by atoms with Crippen LogP contribution in [-0.4, -0.2) is 37.7 Å². The Bertz CT molecular complexity index is 1940. The third kappa shape index (κ3) is 5.37. The first-order valence-corrected chi connectivity index (χ1v) is 14.6. The topological polar surface area (TPSA) is 104 Å². The van der Waals surface area contributed by atoms with Crippen molar-refractivity contribution in [3.8, 4) is 6.07 Å². The highest BCUT2D eigenvalue weighted by Gasteiger charge is 2.66. The minimum absolute atomic E-state index is 0.0637. The number of benzene rings is 2. The monoisotopic (exact) mass is 638 g/mol. The average Bonchev–Trinajstić information content (AvgIpc) is 3.65. The van der Waals surface area contributed by atoms with Crippen molar-refractivity contribution in [3.63, 3.8) is 0 Å². The summed E-state index contributed by atoms with van der Waals surface area (Å²) in [6.45, 7) is 6.80. The molecule has 1 saturated carbocycles. The Hall–Kier alpha value is -4.14. The molecule has 0 radical (unpaired) electrons. The van der Waals surface area contributed by atoms with Crippen LogP contribution in [0.2, 0.25) is 10.2 Å². The third-order valence-electron chi connectivity index (χ3n) is 7.75. The lowest BCUT2D eigenvalue weighted by molar-refractivity contribution is -0.182. The Morgan fingerprint density at radius 2 is 1.84 bits per heavy atom. The van der Waals surface area contributed by atoms with Gasteiger partial charge in [0.2, 0.25) is 0 Å². The zero-order chi connectivity index (χ0) is 31.4. The van der Waals surface area contributed by atoms with Crippen LogP contribution in [-0.2, 0) is 5.54 Å². The van der Waals surface area contributed by atoms with Crippen LogP contribution in [0.1, 0.15) is 56.5 Å². The molecule has 0 bridgehead atoms. The maximum Gasteiger partial charge on any atom is 0.413 e. The molecular weight excluding hydrogens is 612 g/mol. The molecule has 6 rings (SSSR count). The van der Waals surface area contributed by atoms with Crippen LogP contribution >= 0.6 is 23.2 Å².